The normalized spacial score (nSPS) is 16.8. The van der Waals surface area contributed by atoms with Crippen molar-refractivity contribution >= 4 is 34.3 Å². The van der Waals surface area contributed by atoms with Gasteiger partial charge < -0.3 is 21.2 Å². The van der Waals surface area contributed by atoms with Gasteiger partial charge in [0.25, 0.3) is 0 Å². The number of allylic oxidation sites excluding steroid dienone is 1. The average Bonchev–Trinajstić information content (AvgIpc) is 3.27. The van der Waals surface area contributed by atoms with E-state index in [1.807, 2.05) is 12.1 Å². The van der Waals surface area contributed by atoms with Crippen LogP contribution in [0.4, 0.5) is 0 Å². The molecule has 1 aliphatic carbocycles. The van der Waals surface area contributed by atoms with Crippen LogP contribution in [0.1, 0.15) is 36.1 Å². The molecule has 0 bridgehead atoms. The van der Waals surface area contributed by atoms with Crippen molar-refractivity contribution in [1.29, 1.82) is 0 Å². The number of hydrogen-bond donors (Lipinski definition) is 1. The van der Waals surface area contributed by atoms with Crippen molar-refractivity contribution in [3.05, 3.63) is 50.0 Å². The summed E-state index contributed by atoms with van der Waals surface area (Å²) >= 11 is 9.17. The van der Waals surface area contributed by atoms with Gasteiger partial charge >= 0.3 is 0 Å². The molecule has 0 spiro atoms. The van der Waals surface area contributed by atoms with Crippen LogP contribution < -0.4 is 4.74 Å². The first-order valence-corrected chi connectivity index (χ1v) is 9.93. The van der Waals surface area contributed by atoms with E-state index >= 15 is 0 Å². The molecule has 24 heavy (non-hydrogen) atoms. The van der Waals surface area contributed by atoms with Gasteiger partial charge in [0.2, 0.25) is 0 Å². The topological polar surface area (TPSA) is 29.5 Å². The molecule has 0 saturated carbocycles. The van der Waals surface area contributed by atoms with Crippen LogP contribution in [-0.4, -0.2) is 11.7 Å². The first-order valence-electron chi connectivity index (χ1n) is 7.92. The number of aliphatic hydroxyl groups is 1. The van der Waals surface area contributed by atoms with E-state index in [0.717, 1.165) is 29.9 Å². The Morgan fingerprint density at radius 1 is 1.38 bits per heavy atom. The van der Waals surface area contributed by atoms with Crippen LogP contribution in [0.25, 0.3) is 0 Å². The van der Waals surface area contributed by atoms with Gasteiger partial charge in [-0.05, 0) is 25.3 Å². The standard InChI is InChI=1S/C18H20ClO2S2.Y/c19-18-15(11-20)10-17(23-18)21-12-14-6-1-4-13(14)5-2-7-16-8-3-9-22-16;/h3-4,8,10,14,20H,1-2,5-7,11-12H2;/q-1;/t14-;/m1./s1. The Morgan fingerprint density at radius 2 is 2.25 bits per heavy atom. The van der Waals surface area contributed by atoms with Crippen molar-refractivity contribution in [3.63, 3.8) is 0 Å². The third-order valence-corrected chi connectivity index (χ3v) is 6.40. The zero-order valence-corrected chi connectivity index (χ0v) is 18.7. The molecule has 0 fully saturated rings. The molecule has 1 atom stereocenters. The van der Waals surface area contributed by atoms with E-state index in [1.165, 1.54) is 34.6 Å². The molecule has 0 amide bonds. The molecule has 2 aromatic rings. The summed E-state index contributed by atoms with van der Waals surface area (Å²) in [6.07, 6.45) is 8.20. The minimum absolute atomic E-state index is 0. The summed E-state index contributed by atoms with van der Waals surface area (Å²) in [6, 6.07) is 6.00. The zero-order valence-electron chi connectivity index (χ0n) is 13.5. The maximum Gasteiger partial charge on any atom is 0.175 e. The maximum atomic E-state index is 9.19. The second-order valence-electron chi connectivity index (χ2n) is 5.76. The molecule has 0 aromatic carbocycles. The SMILES string of the molecule is OCc1cc(OC[C@H]2CCC=C2CCCc2cc[c-]s2)sc1Cl.[Y]. The fourth-order valence-corrected chi connectivity index (χ4v) is 4.71. The van der Waals surface area contributed by atoms with Crippen LogP contribution >= 0.6 is 34.3 Å². The Balaban J connectivity index is 0.00000208. The first-order chi connectivity index (χ1) is 11.3. The fraction of sp³-hybridized carbons (Fsp3) is 0.444. The molecule has 2 nitrogen and oxygen atoms in total. The van der Waals surface area contributed by atoms with Gasteiger partial charge in [0, 0.05) is 44.2 Å². The van der Waals surface area contributed by atoms with Gasteiger partial charge in [-0.25, -0.2) is 6.07 Å². The summed E-state index contributed by atoms with van der Waals surface area (Å²) < 4.78 is 6.54. The predicted molar refractivity (Wildman–Crippen MR) is 97.6 cm³/mol. The number of rotatable bonds is 8. The maximum absolute atomic E-state index is 9.19. The Bertz CT molecular complexity index is 652. The largest absolute Gasteiger partial charge is 0.483 e. The third kappa shape index (κ3) is 5.65. The second kappa shape index (κ2) is 10.4. The molecular weight excluding hydrogens is 437 g/mol. The molecule has 1 radical (unpaired) electrons. The van der Waals surface area contributed by atoms with E-state index in [4.69, 9.17) is 16.3 Å². The Labute approximate surface area is 181 Å². The molecule has 3 rings (SSSR count). The van der Waals surface area contributed by atoms with Crippen LogP contribution in [-0.2, 0) is 45.7 Å². The van der Waals surface area contributed by atoms with Gasteiger partial charge in [-0.15, -0.1) is 10.3 Å². The molecule has 0 aliphatic heterocycles. The van der Waals surface area contributed by atoms with Crippen molar-refractivity contribution in [2.75, 3.05) is 6.61 Å². The first kappa shape index (κ1) is 20.6. The molecule has 1 aliphatic rings. The molecule has 1 N–H and O–H groups in total. The van der Waals surface area contributed by atoms with Gasteiger partial charge in [-0.3, -0.25) is 0 Å². The summed E-state index contributed by atoms with van der Waals surface area (Å²) in [5.41, 5.74) is 2.29. The number of ether oxygens (including phenoxy) is 1. The van der Waals surface area contributed by atoms with Crippen molar-refractivity contribution < 1.29 is 42.6 Å². The number of thiophene rings is 2. The summed E-state index contributed by atoms with van der Waals surface area (Å²) in [5.74, 6) is 0.517. The molecule has 0 saturated heterocycles. The predicted octanol–water partition coefficient (Wildman–Crippen LogP) is 5.49. The van der Waals surface area contributed by atoms with E-state index in [9.17, 15) is 5.11 Å². The van der Waals surface area contributed by atoms with Crippen LogP contribution in [0.3, 0.4) is 0 Å². The molecule has 2 aromatic heterocycles. The summed E-state index contributed by atoms with van der Waals surface area (Å²) in [7, 11) is 0. The van der Waals surface area contributed by atoms with Crippen molar-refractivity contribution in [1.82, 2.24) is 0 Å². The van der Waals surface area contributed by atoms with Crippen molar-refractivity contribution in [2.45, 2.75) is 38.7 Å². The minimum Gasteiger partial charge on any atom is -0.483 e. The van der Waals surface area contributed by atoms with Crippen molar-refractivity contribution in [2.24, 2.45) is 5.92 Å². The van der Waals surface area contributed by atoms with Crippen LogP contribution in [0, 0.1) is 11.3 Å². The number of aliphatic hydroxyl groups excluding tert-OH is 1. The summed E-state index contributed by atoms with van der Waals surface area (Å²) in [6.45, 7) is 0.674. The smallest absolute Gasteiger partial charge is 0.175 e. The van der Waals surface area contributed by atoms with Crippen molar-refractivity contribution in [3.8, 4) is 5.06 Å². The Kier molecular flexibility index (Phi) is 8.97. The van der Waals surface area contributed by atoms with E-state index in [2.05, 4.69) is 17.5 Å². The van der Waals surface area contributed by atoms with Crippen LogP contribution in [0.5, 0.6) is 5.06 Å². The molecule has 127 valence electrons. The van der Waals surface area contributed by atoms with Gasteiger partial charge in [-0.2, -0.15) is 6.07 Å². The second-order valence-corrected chi connectivity index (χ2v) is 8.34. The van der Waals surface area contributed by atoms with E-state index in [0.29, 0.717) is 16.9 Å². The number of aryl methyl sites for hydroxylation is 1. The fourth-order valence-electron chi connectivity index (χ4n) is 2.93. The van der Waals surface area contributed by atoms with Crippen LogP contribution in [0.15, 0.2) is 29.8 Å². The van der Waals surface area contributed by atoms with Crippen LogP contribution in [0.2, 0.25) is 4.34 Å². The van der Waals surface area contributed by atoms with Gasteiger partial charge in [-0.1, -0.05) is 47.4 Å². The number of hydrogen-bond acceptors (Lipinski definition) is 4. The zero-order chi connectivity index (χ0) is 16.1. The van der Waals surface area contributed by atoms with E-state index in [1.54, 1.807) is 11.3 Å². The minimum atomic E-state index is -0.0343. The quantitative estimate of drug-likeness (QED) is 0.420. The molecular formula is C18H20ClO2S2Y-. The monoisotopic (exact) mass is 456 g/mol. The summed E-state index contributed by atoms with van der Waals surface area (Å²) in [4.78, 5) is 1.42. The Morgan fingerprint density at radius 3 is 2.96 bits per heavy atom. The van der Waals surface area contributed by atoms with E-state index < -0.39 is 0 Å². The third-order valence-electron chi connectivity index (χ3n) is 4.19. The Hall–Kier alpha value is 0.294. The number of halogens is 1. The van der Waals surface area contributed by atoms with Gasteiger partial charge in [0.1, 0.15) is 4.34 Å². The molecule has 2 heterocycles. The summed E-state index contributed by atoms with van der Waals surface area (Å²) in [5, 5.41) is 13.1. The average molecular weight is 457 g/mol. The van der Waals surface area contributed by atoms with E-state index in [-0.39, 0.29) is 39.3 Å². The van der Waals surface area contributed by atoms with Gasteiger partial charge in [0.05, 0.1) is 13.2 Å². The van der Waals surface area contributed by atoms with Gasteiger partial charge in [0.15, 0.2) is 5.06 Å². The molecule has 0 unspecified atom stereocenters. The molecule has 6 heteroatoms.